The van der Waals surface area contributed by atoms with Gasteiger partial charge in [-0.1, -0.05) is 45.0 Å². The number of nitrogens with zero attached hydrogens (tertiary/aromatic N) is 4. The van der Waals surface area contributed by atoms with Crippen molar-refractivity contribution in [3.63, 3.8) is 0 Å². The number of aromatic nitrogens is 3. The second-order valence-electron chi connectivity index (χ2n) is 9.22. The number of hydrogen-bond donors (Lipinski definition) is 3. The Kier molecular flexibility index (Phi) is 5.58. The van der Waals surface area contributed by atoms with Crippen LogP contribution in [0.25, 0.3) is 16.8 Å². The molecular weight excluding hydrogens is 392 g/mol. The van der Waals surface area contributed by atoms with Crippen LogP contribution in [0.2, 0.25) is 0 Å². The van der Waals surface area contributed by atoms with Crippen LogP contribution in [0.4, 0.5) is 10.6 Å². The molecule has 1 amide bonds. The fourth-order valence-corrected chi connectivity index (χ4v) is 4.44. The molecule has 31 heavy (non-hydrogen) atoms. The lowest BCUT2D eigenvalue weighted by Crippen LogP contribution is -2.48. The quantitative estimate of drug-likeness (QED) is 0.577. The molecule has 3 heterocycles. The highest BCUT2D eigenvalue weighted by atomic mass is 16.4. The van der Waals surface area contributed by atoms with Gasteiger partial charge < -0.3 is 21.1 Å². The van der Waals surface area contributed by atoms with Crippen molar-refractivity contribution < 1.29 is 9.90 Å². The van der Waals surface area contributed by atoms with E-state index in [-0.39, 0.29) is 17.5 Å². The van der Waals surface area contributed by atoms with Crippen LogP contribution in [-0.2, 0) is 6.54 Å². The lowest BCUT2D eigenvalue weighted by molar-refractivity contribution is 0.0893. The molecule has 1 aliphatic rings. The number of anilines is 1. The first-order chi connectivity index (χ1) is 14.8. The normalized spacial score (nSPS) is 19.2. The molecule has 0 radical (unpaired) electrons. The minimum atomic E-state index is -0.855. The minimum Gasteiger partial charge on any atom is -0.465 e. The number of rotatable bonds is 5. The Morgan fingerprint density at radius 3 is 2.61 bits per heavy atom. The van der Waals surface area contributed by atoms with Gasteiger partial charge in [-0.2, -0.15) is 5.10 Å². The van der Waals surface area contributed by atoms with E-state index in [0.717, 1.165) is 35.2 Å². The molecule has 0 spiro atoms. The van der Waals surface area contributed by atoms with Gasteiger partial charge in [0, 0.05) is 30.9 Å². The van der Waals surface area contributed by atoms with Crippen molar-refractivity contribution in [3.8, 4) is 11.1 Å². The van der Waals surface area contributed by atoms with Crippen LogP contribution in [0, 0.1) is 5.41 Å². The Morgan fingerprint density at radius 2 is 1.97 bits per heavy atom. The molecule has 0 aliphatic carbocycles. The lowest BCUT2D eigenvalue weighted by atomic mass is 9.85. The van der Waals surface area contributed by atoms with Crippen LogP contribution in [0.1, 0.15) is 39.2 Å². The molecule has 0 saturated carbocycles. The number of nitrogens with one attached hydrogen (secondary N) is 1. The summed E-state index contributed by atoms with van der Waals surface area (Å²) in [6.07, 6.45) is 4.53. The van der Waals surface area contributed by atoms with Gasteiger partial charge in [0.15, 0.2) is 5.65 Å². The van der Waals surface area contributed by atoms with Crippen molar-refractivity contribution in [2.75, 3.05) is 11.9 Å². The molecule has 8 heteroatoms. The lowest BCUT2D eigenvalue weighted by Gasteiger charge is -2.36. The summed E-state index contributed by atoms with van der Waals surface area (Å²) in [5.74, 6) is 0.706. The van der Waals surface area contributed by atoms with E-state index in [1.807, 2.05) is 36.5 Å². The first-order valence-corrected chi connectivity index (χ1v) is 10.7. The predicted molar refractivity (Wildman–Crippen MR) is 121 cm³/mol. The second kappa shape index (κ2) is 8.19. The first kappa shape index (κ1) is 21.1. The van der Waals surface area contributed by atoms with Crippen molar-refractivity contribution in [2.45, 2.75) is 52.2 Å². The zero-order valence-electron chi connectivity index (χ0n) is 18.2. The Balaban J connectivity index is 1.53. The van der Waals surface area contributed by atoms with Gasteiger partial charge in [0.1, 0.15) is 5.82 Å². The summed E-state index contributed by atoms with van der Waals surface area (Å²) in [6.45, 7) is 7.32. The molecule has 2 aromatic heterocycles. The maximum atomic E-state index is 11.9. The number of carboxylic acid groups (broad SMARTS) is 1. The molecule has 2 atom stereocenters. The van der Waals surface area contributed by atoms with Gasteiger partial charge >= 0.3 is 6.09 Å². The molecule has 1 aromatic carbocycles. The van der Waals surface area contributed by atoms with Crippen LogP contribution in [-0.4, -0.2) is 49.3 Å². The number of carbonyl (C=O) groups is 1. The monoisotopic (exact) mass is 422 g/mol. The standard InChI is InChI=1S/C23H30N6O2/c1-23(2,3)19-9-8-17(29(19)22(30)31)13-25-20-10-11-28-21(27-20)18(14-26-28)16-6-4-15(12-24)5-7-16/h4-7,10-11,14,17,19H,8-9,12-13,24H2,1-3H3,(H,25,27)(H,30,31). The van der Waals surface area contributed by atoms with E-state index >= 15 is 0 Å². The van der Waals surface area contributed by atoms with E-state index < -0.39 is 6.09 Å². The van der Waals surface area contributed by atoms with Gasteiger partial charge in [0.25, 0.3) is 0 Å². The van der Waals surface area contributed by atoms with E-state index in [4.69, 9.17) is 10.7 Å². The summed E-state index contributed by atoms with van der Waals surface area (Å²) < 4.78 is 1.74. The van der Waals surface area contributed by atoms with Crippen molar-refractivity contribution in [3.05, 3.63) is 48.3 Å². The minimum absolute atomic E-state index is 0.0187. The molecular formula is C23H30N6O2. The fourth-order valence-electron chi connectivity index (χ4n) is 4.44. The van der Waals surface area contributed by atoms with Crippen LogP contribution in [0.3, 0.4) is 0 Å². The number of amides is 1. The average Bonchev–Trinajstić information content (AvgIpc) is 3.36. The summed E-state index contributed by atoms with van der Waals surface area (Å²) in [6, 6.07) is 9.87. The average molecular weight is 423 g/mol. The van der Waals surface area contributed by atoms with Crippen molar-refractivity contribution in [2.24, 2.45) is 11.1 Å². The third kappa shape index (κ3) is 4.20. The summed E-state index contributed by atoms with van der Waals surface area (Å²) in [4.78, 5) is 18.3. The topological polar surface area (TPSA) is 109 Å². The van der Waals surface area contributed by atoms with Gasteiger partial charge in [-0.05, 0) is 35.4 Å². The maximum Gasteiger partial charge on any atom is 0.407 e. The Hall–Kier alpha value is -3.13. The van der Waals surface area contributed by atoms with Crippen LogP contribution < -0.4 is 11.1 Å². The Labute approximate surface area is 182 Å². The van der Waals surface area contributed by atoms with Crippen LogP contribution in [0.5, 0.6) is 0 Å². The highest BCUT2D eigenvalue weighted by Gasteiger charge is 2.42. The Morgan fingerprint density at radius 1 is 1.23 bits per heavy atom. The second-order valence-corrected chi connectivity index (χ2v) is 9.22. The first-order valence-electron chi connectivity index (χ1n) is 10.7. The SMILES string of the molecule is CC(C)(C)C1CCC(CNc2ccn3ncc(-c4ccc(CN)cc4)c3n2)N1C(=O)O. The fraction of sp³-hybridized carbons (Fsp3) is 0.435. The van der Waals surface area contributed by atoms with E-state index in [9.17, 15) is 9.90 Å². The Bertz CT molecular complexity index is 1070. The van der Waals surface area contributed by atoms with Crippen LogP contribution >= 0.6 is 0 Å². The zero-order valence-corrected chi connectivity index (χ0v) is 18.2. The van der Waals surface area contributed by atoms with E-state index in [0.29, 0.717) is 18.9 Å². The largest absolute Gasteiger partial charge is 0.465 e. The van der Waals surface area contributed by atoms with Gasteiger partial charge in [-0.15, -0.1) is 0 Å². The van der Waals surface area contributed by atoms with E-state index in [1.165, 1.54) is 0 Å². The van der Waals surface area contributed by atoms with Gasteiger partial charge in [0.05, 0.1) is 12.2 Å². The summed E-state index contributed by atoms with van der Waals surface area (Å²) >= 11 is 0. The molecule has 1 fully saturated rings. The molecule has 0 bridgehead atoms. The zero-order chi connectivity index (χ0) is 22.2. The highest BCUT2D eigenvalue weighted by Crippen LogP contribution is 2.36. The highest BCUT2D eigenvalue weighted by molar-refractivity contribution is 5.77. The van der Waals surface area contributed by atoms with E-state index in [2.05, 4.69) is 31.2 Å². The molecule has 2 unspecified atom stereocenters. The number of nitrogens with two attached hydrogens (primary N) is 1. The number of hydrogen-bond acceptors (Lipinski definition) is 5. The van der Waals surface area contributed by atoms with Crippen molar-refractivity contribution in [1.29, 1.82) is 0 Å². The molecule has 4 rings (SSSR count). The van der Waals surface area contributed by atoms with Crippen LogP contribution in [0.15, 0.2) is 42.7 Å². The molecule has 4 N–H and O–H groups in total. The number of fused-ring (bicyclic) bond motifs is 1. The summed E-state index contributed by atoms with van der Waals surface area (Å²) in [5, 5.41) is 17.5. The molecule has 3 aromatic rings. The maximum absolute atomic E-state index is 11.9. The summed E-state index contributed by atoms with van der Waals surface area (Å²) in [7, 11) is 0. The van der Waals surface area contributed by atoms with Gasteiger partial charge in [-0.25, -0.2) is 14.3 Å². The van der Waals surface area contributed by atoms with Crippen molar-refractivity contribution in [1.82, 2.24) is 19.5 Å². The third-order valence-electron chi connectivity index (χ3n) is 6.11. The smallest absolute Gasteiger partial charge is 0.407 e. The molecule has 1 aliphatic heterocycles. The van der Waals surface area contributed by atoms with Crippen molar-refractivity contribution >= 4 is 17.6 Å². The van der Waals surface area contributed by atoms with Gasteiger partial charge in [0.2, 0.25) is 0 Å². The third-order valence-corrected chi connectivity index (χ3v) is 6.11. The van der Waals surface area contributed by atoms with Gasteiger partial charge in [-0.3, -0.25) is 0 Å². The van der Waals surface area contributed by atoms with E-state index in [1.54, 1.807) is 15.6 Å². The summed E-state index contributed by atoms with van der Waals surface area (Å²) in [5.41, 5.74) is 9.40. The molecule has 1 saturated heterocycles. The number of likely N-dealkylation sites (tertiary alicyclic amines) is 1. The molecule has 8 nitrogen and oxygen atoms in total. The molecule has 164 valence electrons. The number of benzene rings is 1. The predicted octanol–water partition coefficient (Wildman–Crippen LogP) is 3.82.